The highest BCUT2D eigenvalue weighted by atomic mass is 35.5. The Balaban J connectivity index is 1.51. The maximum absolute atomic E-state index is 13.7. The van der Waals surface area contributed by atoms with Gasteiger partial charge in [-0.2, -0.15) is 0 Å². The van der Waals surface area contributed by atoms with Crippen molar-refractivity contribution in [2.45, 2.75) is 48.6 Å². The van der Waals surface area contributed by atoms with Gasteiger partial charge in [-0.1, -0.05) is 42.3 Å². The minimum atomic E-state index is -2.93. The van der Waals surface area contributed by atoms with E-state index in [0.717, 1.165) is 48.4 Å². The average Bonchev–Trinajstić information content (AvgIpc) is 3.08. The van der Waals surface area contributed by atoms with Gasteiger partial charge in [0, 0.05) is 56.9 Å². The molecule has 0 aromatic heterocycles. The SMILES string of the molecule is C=C[C@H]1CN2C(SC(CC)[Si](OC)(OC)OC)CC1C[C@H]2[C@H](OC(=O)Nc1ccc(Cl)c(Cl)c1)C1=CCNc2ccc(OC)cc21. The van der Waals surface area contributed by atoms with Crippen LogP contribution in [-0.2, 0) is 18.0 Å². The van der Waals surface area contributed by atoms with Crippen molar-refractivity contribution in [3.8, 4) is 5.75 Å². The molecule has 7 atom stereocenters. The summed E-state index contributed by atoms with van der Waals surface area (Å²) in [6.45, 7) is 7.71. The fourth-order valence-electron chi connectivity index (χ4n) is 6.99. The monoisotopic (exact) mass is 707 g/mol. The predicted octanol–water partition coefficient (Wildman–Crippen LogP) is 7.58. The van der Waals surface area contributed by atoms with Crippen LogP contribution >= 0.6 is 35.0 Å². The van der Waals surface area contributed by atoms with E-state index in [-0.39, 0.29) is 16.3 Å². The van der Waals surface area contributed by atoms with E-state index in [1.165, 1.54) is 0 Å². The zero-order valence-corrected chi connectivity index (χ0v) is 30.2. The number of anilines is 2. The van der Waals surface area contributed by atoms with Gasteiger partial charge in [0.2, 0.25) is 0 Å². The second-order valence-corrected chi connectivity index (χ2v) is 17.4. The van der Waals surface area contributed by atoms with Gasteiger partial charge in [-0.25, -0.2) is 4.79 Å². The summed E-state index contributed by atoms with van der Waals surface area (Å²) in [7, 11) is 3.71. The topological polar surface area (TPSA) is 90.5 Å². The molecule has 2 aromatic rings. The summed E-state index contributed by atoms with van der Waals surface area (Å²) in [4.78, 5) is 16.2. The molecule has 1 amide bonds. The highest BCUT2D eigenvalue weighted by Crippen LogP contribution is 2.49. The van der Waals surface area contributed by atoms with Gasteiger partial charge in [0.1, 0.15) is 11.9 Å². The van der Waals surface area contributed by atoms with Gasteiger partial charge in [0.25, 0.3) is 0 Å². The van der Waals surface area contributed by atoms with Crippen LogP contribution < -0.4 is 15.4 Å². The molecular weight excluding hydrogens is 665 g/mol. The maximum Gasteiger partial charge on any atom is 0.513 e. The molecule has 4 aliphatic rings. The quantitative estimate of drug-likeness (QED) is 0.162. The lowest BCUT2D eigenvalue weighted by atomic mass is 9.72. The highest BCUT2D eigenvalue weighted by molar-refractivity contribution is 8.02. The lowest BCUT2D eigenvalue weighted by molar-refractivity contribution is -0.0390. The number of fused-ring (bicyclic) bond motifs is 4. The average molecular weight is 709 g/mol. The van der Waals surface area contributed by atoms with Gasteiger partial charge in [0.05, 0.1) is 33.4 Å². The second-order valence-electron chi connectivity index (χ2n) is 11.6. The maximum atomic E-state index is 13.7. The molecule has 2 bridgehead atoms. The number of amides is 1. The summed E-state index contributed by atoms with van der Waals surface area (Å²) in [6.07, 6.45) is 5.68. The number of nitrogens with zero attached hydrogens (tertiary/aromatic N) is 1. The summed E-state index contributed by atoms with van der Waals surface area (Å²) in [5, 5.41) is 7.20. The largest absolute Gasteiger partial charge is 0.513 e. The van der Waals surface area contributed by atoms with Crippen LogP contribution in [-0.4, -0.2) is 83.7 Å². The van der Waals surface area contributed by atoms with Crippen molar-refractivity contribution in [1.82, 2.24) is 4.90 Å². The number of carbonyl (C=O) groups is 1. The van der Waals surface area contributed by atoms with Crippen LogP contribution in [0, 0.1) is 11.8 Å². The van der Waals surface area contributed by atoms with Crippen molar-refractivity contribution >= 4 is 66.8 Å². The summed E-state index contributed by atoms with van der Waals surface area (Å²) in [5.74, 6) is 1.42. The first kappa shape index (κ1) is 35.1. The van der Waals surface area contributed by atoms with E-state index in [1.54, 1.807) is 46.6 Å². The van der Waals surface area contributed by atoms with E-state index in [9.17, 15) is 4.79 Å². The van der Waals surface area contributed by atoms with Crippen LogP contribution in [0.3, 0.4) is 0 Å². The van der Waals surface area contributed by atoms with Gasteiger partial charge in [0.15, 0.2) is 0 Å². The number of hydrogen-bond acceptors (Lipinski definition) is 9. The first-order valence-corrected chi connectivity index (χ1v) is 18.9. The van der Waals surface area contributed by atoms with Crippen molar-refractivity contribution in [3.05, 3.63) is 70.7 Å². The molecule has 4 heterocycles. The number of piperidine rings is 3. The molecule has 0 spiro atoms. The van der Waals surface area contributed by atoms with E-state index in [4.69, 9.17) is 46.0 Å². The molecule has 4 aliphatic heterocycles. The van der Waals surface area contributed by atoms with Crippen LogP contribution in [0.4, 0.5) is 16.2 Å². The van der Waals surface area contributed by atoms with E-state index in [0.29, 0.717) is 34.1 Å². The number of ether oxygens (including phenoxy) is 2. The standard InChI is InChI=1S/C33H43Cl2N3O6SSi/c1-7-20-19-38-29(15-21(20)16-30(38)45-31(8-2)46(41-4,42-5)43-6)32(44-33(39)37-22-9-11-26(34)27(35)17-22)24-13-14-36-28-12-10-23(40-3)18-25(24)28/h7,9-13,17-18,20-21,29-32,36H,1,8,14-16,19H2,2-6H3,(H,37,39)/t20-,21?,29-,30?,31?,32+/m0/s1. The molecule has 2 aromatic carbocycles. The number of carbonyl (C=O) groups excluding carboxylic acids is 1. The number of nitrogens with one attached hydrogen (secondary N) is 2. The molecule has 0 radical (unpaired) electrons. The molecule has 250 valence electrons. The summed E-state index contributed by atoms with van der Waals surface area (Å²) < 4.78 is 29.8. The van der Waals surface area contributed by atoms with Gasteiger partial charge >= 0.3 is 14.9 Å². The van der Waals surface area contributed by atoms with E-state index >= 15 is 0 Å². The van der Waals surface area contributed by atoms with Gasteiger partial charge < -0.3 is 28.1 Å². The number of benzene rings is 2. The Morgan fingerprint density at radius 1 is 1.13 bits per heavy atom. The lowest BCUT2D eigenvalue weighted by Gasteiger charge is -2.56. The third-order valence-corrected chi connectivity index (χ3v) is 15.7. The minimum absolute atomic E-state index is 0.0279. The minimum Gasteiger partial charge on any atom is -0.497 e. The molecular formula is C33H43Cl2N3O6SSi. The Morgan fingerprint density at radius 2 is 1.89 bits per heavy atom. The smallest absolute Gasteiger partial charge is 0.497 e. The predicted molar refractivity (Wildman–Crippen MR) is 189 cm³/mol. The lowest BCUT2D eigenvalue weighted by Crippen LogP contribution is -2.62. The van der Waals surface area contributed by atoms with Crippen LogP contribution in [0.25, 0.3) is 5.57 Å². The first-order chi connectivity index (χ1) is 22.2. The third-order valence-electron chi connectivity index (χ3n) is 9.32. The number of thioether (sulfide) groups is 1. The molecule has 9 nitrogen and oxygen atoms in total. The summed E-state index contributed by atoms with van der Waals surface area (Å²) >= 11 is 14.2. The molecule has 13 heteroatoms. The number of halogens is 2. The van der Waals surface area contributed by atoms with Crippen molar-refractivity contribution < 1.29 is 27.5 Å². The van der Waals surface area contributed by atoms with Crippen molar-refractivity contribution in [3.63, 3.8) is 0 Å². The number of hydrogen-bond donors (Lipinski definition) is 2. The van der Waals surface area contributed by atoms with Crippen molar-refractivity contribution in [2.75, 3.05) is 52.2 Å². The number of rotatable bonds is 13. The zero-order valence-electron chi connectivity index (χ0n) is 26.9. The molecule has 46 heavy (non-hydrogen) atoms. The van der Waals surface area contributed by atoms with Crippen LogP contribution in [0.5, 0.6) is 5.75 Å². The van der Waals surface area contributed by atoms with Gasteiger partial charge in [-0.15, -0.1) is 18.3 Å². The Bertz CT molecular complexity index is 1440. The summed E-state index contributed by atoms with van der Waals surface area (Å²) in [5.41, 5.74) is 3.34. The summed E-state index contributed by atoms with van der Waals surface area (Å²) in [6, 6.07) is 10.8. The van der Waals surface area contributed by atoms with Gasteiger partial charge in [-0.05, 0) is 67.5 Å². The second kappa shape index (κ2) is 15.3. The zero-order chi connectivity index (χ0) is 33.0. The first-order valence-electron chi connectivity index (χ1n) is 15.4. The van der Waals surface area contributed by atoms with E-state index < -0.39 is 21.0 Å². The highest BCUT2D eigenvalue weighted by Gasteiger charge is 2.53. The molecule has 2 N–H and O–H groups in total. The number of methoxy groups -OCH3 is 1. The molecule has 0 aliphatic carbocycles. The third kappa shape index (κ3) is 7.12. The molecule has 0 saturated carbocycles. The van der Waals surface area contributed by atoms with E-state index in [1.807, 2.05) is 30.0 Å². The Hall–Kier alpha value is -2.22. The Labute approximate surface area is 287 Å². The fourth-order valence-corrected chi connectivity index (χ4v) is 12.4. The normalized spacial score (nSPS) is 25.0. The van der Waals surface area contributed by atoms with Crippen molar-refractivity contribution in [1.29, 1.82) is 0 Å². The van der Waals surface area contributed by atoms with E-state index in [2.05, 4.69) is 41.2 Å². The van der Waals surface area contributed by atoms with Crippen molar-refractivity contribution in [2.24, 2.45) is 11.8 Å². The fraction of sp³-hybridized carbons (Fsp3) is 0.485. The molecule has 6 rings (SSSR count). The molecule has 3 fully saturated rings. The van der Waals surface area contributed by atoms with Crippen LogP contribution in [0.2, 0.25) is 10.0 Å². The van der Waals surface area contributed by atoms with Gasteiger partial charge in [-0.3, -0.25) is 10.2 Å². The van der Waals surface area contributed by atoms with Crippen LogP contribution in [0.1, 0.15) is 31.7 Å². The Morgan fingerprint density at radius 3 is 2.52 bits per heavy atom. The Kier molecular flexibility index (Phi) is 11.7. The molecule has 4 unspecified atom stereocenters. The molecule has 3 saturated heterocycles. The van der Waals surface area contributed by atoms with Crippen LogP contribution in [0.15, 0.2) is 55.1 Å².